The van der Waals surface area contributed by atoms with Crippen LogP contribution in [0.25, 0.3) is 0 Å². The van der Waals surface area contributed by atoms with Gasteiger partial charge in [0.2, 0.25) is 0 Å². The van der Waals surface area contributed by atoms with Gasteiger partial charge >= 0.3 is 0 Å². The molecule has 0 radical (unpaired) electrons. The van der Waals surface area contributed by atoms with Crippen LogP contribution in [0.4, 0.5) is 0 Å². The van der Waals surface area contributed by atoms with E-state index in [2.05, 4.69) is 0 Å². The second-order valence-electron chi connectivity index (χ2n) is 6.66. The van der Waals surface area contributed by atoms with E-state index in [1.165, 1.54) is 0 Å². The summed E-state index contributed by atoms with van der Waals surface area (Å²) in [7, 11) is 0. The lowest BCUT2D eigenvalue weighted by Crippen LogP contribution is -2.33. The molecule has 2 N–H and O–H groups in total. The molecule has 1 heterocycles. The largest absolute Gasteiger partial charge is 0.494 e. The molecule has 2 aromatic rings. The number of benzene rings is 2. The quantitative estimate of drug-likeness (QED) is 0.802. The number of hydrogen-bond acceptors (Lipinski definition) is 4. The van der Waals surface area contributed by atoms with Crippen molar-refractivity contribution in [3.63, 3.8) is 0 Å². The SMILES string of the molecule is CCOc1ccc(Cc2cc(C3CC(O)CC(CO)O3)ccc2Cl)cc1. The molecule has 1 aliphatic rings. The van der Waals surface area contributed by atoms with Crippen molar-refractivity contribution in [3.8, 4) is 5.75 Å². The molecule has 4 nitrogen and oxygen atoms in total. The average Bonchev–Trinajstić information content (AvgIpc) is 2.64. The summed E-state index contributed by atoms with van der Waals surface area (Å²) in [5.74, 6) is 0.857. The monoisotopic (exact) mass is 376 g/mol. The summed E-state index contributed by atoms with van der Waals surface area (Å²) in [4.78, 5) is 0. The highest BCUT2D eigenvalue weighted by molar-refractivity contribution is 6.31. The predicted octanol–water partition coefficient (Wildman–Crippen LogP) is 3.90. The van der Waals surface area contributed by atoms with Crippen molar-refractivity contribution in [2.45, 2.75) is 44.5 Å². The van der Waals surface area contributed by atoms with Crippen LogP contribution in [0.3, 0.4) is 0 Å². The molecular formula is C21H25ClO4. The number of aliphatic hydroxyl groups is 2. The average molecular weight is 377 g/mol. The van der Waals surface area contributed by atoms with Crippen LogP contribution in [-0.2, 0) is 11.2 Å². The van der Waals surface area contributed by atoms with Gasteiger partial charge in [0.05, 0.1) is 31.5 Å². The first-order valence-electron chi connectivity index (χ1n) is 9.03. The molecular weight excluding hydrogens is 352 g/mol. The molecule has 5 heteroatoms. The Hall–Kier alpha value is -1.59. The highest BCUT2D eigenvalue weighted by Gasteiger charge is 2.29. The Bertz CT molecular complexity index is 716. The summed E-state index contributed by atoms with van der Waals surface area (Å²) in [6.45, 7) is 2.53. The molecule has 3 rings (SSSR count). The van der Waals surface area contributed by atoms with Crippen LogP contribution in [0.2, 0.25) is 5.02 Å². The van der Waals surface area contributed by atoms with Gasteiger partial charge < -0.3 is 19.7 Å². The molecule has 1 saturated heterocycles. The Labute approximate surface area is 159 Å². The van der Waals surface area contributed by atoms with Crippen LogP contribution in [0.15, 0.2) is 42.5 Å². The second-order valence-corrected chi connectivity index (χ2v) is 7.07. The topological polar surface area (TPSA) is 58.9 Å². The number of rotatable bonds is 6. The highest BCUT2D eigenvalue weighted by Crippen LogP contribution is 2.33. The van der Waals surface area contributed by atoms with E-state index in [0.717, 1.165) is 22.4 Å². The van der Waals surface area contributed by atoms with Crippen molar-refractivity contribution < 1.29 is 19.7 Å². The summed E-state index contributed by atoms with van der Waals surface area (Å²) in [6.07, 6.45) is 0.690. The first kappa shape index (κ1) is 19.2. The molecule has 0 bridgehead atoms. The Morgan fingerprint density at radius 2 is 1.92 bits per heavy atom. The fraction of sp³-hybridized carbons (Fsp3) is 0.429. The number of hydrogen-bond donors (Lipinski definition) is 2. The van der Waals surface area contributed by atoms with E-state index in [1.807, 2.05) is 49.4 Å². The predicted molar refractivity (Wildman–Crippen MR) is 102 cm³/mol. The first-order valence-corrected chi connectivity index (χ1v) is 9.41. The molecule has 3 unspecified atom stereocenters. The van der Waals surface area contributed by atoms with Crippen molar-refractivity contribution in [3.05, 3.63) is 64.2 Å². The number of ether oxygens (including phenoxy) is 2. The molecule has 0 aliphatic carbocycles. The second kappa shape index (κ2) is 8.87. The molecule has 0 aromatic heterocycles. The van der Waals surface area contributed by atoms with Crippen LogP contribution < -0.4 is 4.74 Å². The zero-order valence-corrected chi connectivity index (χ0v) is 15.7. The van der Waals surface area contributed by atoms with Gasteiger partial charge in [-0.15, -0.1) is 0 Å². The lowest BCUT2D eigenvalue weighted by atomic mass is 9.94. The Kier molecular flexibility index (Phi) is 6.54. The lowest BCUT2D eigenvalue weighted by Gasteiger charge is -2.32. The van der Waals surface area contributed by atoms with Gasteiger partial charge in [0.1, 0.15) is 5.75 Å². The zero-order chi connectivity index (χ0) is 18.5. The van der Waals surface area contributed by atoms with E-state index in [1.54, 1.807) is 0 Å². The minimum atomic E-state index is -0.462. The fourth-order valence-electron chi connectivity index (χ4n) is 3.34. The minimum Gasteiger partial charge on any atom is -0.494 e. The zero-order valence-electron chi connectivity index (χ0n) is 14.9. The maximum atomic E-state index is 10.0. The van der Waals surface area contributed by atoms with Crippen molar-refractivity contribution in [2.24, 2.45) is 0 Å². The molecule has 2 aromatic carbocycles. The van der Waals surface area contributed by atoms with Gasteiger partial charge in [-0.25, -0.2) is 0 Å². The van der Waals surface area contributed by atoms with E-state index in [0.29, 0.717) is 30.9 Å². The van der Waals surface area contributed by atoms with Crippen molar-refractivity contribution in [2.75, 3.05) is 13.2 Å². The summed E-state index contributed by atoms with van der Waals surface area (Å²) in [6, 6.07) is 13.8. The van der Waals surface area contributed by atoms with Gasteiger partial charge in [0.25, 0.3) is 0 Å². The summed E-state index contributed by atoms with van der Waals surface area (Å²) >= 11 is 6.40. The fourth-order valence-corrected chi connectivity index (χ4v) is 3.53. The lowest BCUT2D eigenvalue weighted by molar-refractivity contribution is -0.113. The van der Waals surface area contributed by atoms with E-state index < -0.39 is 6.10 Å². The van der Waals surface area contributed by atoms with Gasteiger partial charge in [-0.05, 0) is 48.2 Å². The normalized spacial score (nSPS) is 23.0. The van der Waals surface area contributed by atoms with Crippen molar-refractivity contribution in [1.82, 2.24) is 0 Å². The molecule has 0 spiro atoms. The standard InChI is InChI=1S/C21H25ClO4/c1-2-25-18-6-3-14(4-7-18)9-16-10-15(5-8-20(16)22)21-12-17(24)11-19(13-23)26-21/h3-8,10,17,19,21,23-24H,2,9,11-13H2,1H3. The third-order valence-corrected chi connectivity index (χ3v) is 5.02. The Morgan fingerprint density at radius 3 is 2.62 bits per heavy atom. The summed E-state index contributed by atoms with van der Waals surface area (Å²) in [5.41, 5.74) is 3.13. The Balaban J connectivity index is 1.77. The van der Waals surface area contributed by atoms with Crippen LogP contribution in [0, 0.1) is 0 Å². The van der Waals surface area contributed by atoms with Gasteiger partial charge in [-0.1, -0.05) is 35.9 Å². The third-order valence-electron chi connectivity index (χ3n) is 4.65. The number of halogens is 1. The van der Waals surface area contributed by atoms with Crippen molar-refractivity contribution >= 4 is 11.6 Å². The van der Waals surface area contributed by atoms with Gasteiger partial charge in [0, 0.05) is 17.9 Å². The number of aliphatic hydroxyl groups excluding tert-OH is 2. The third kappa shape index (κ3) is 4.77. The highest BCUT2D eigenvalue weighted by atomic mass is 35.5. The maximum absolute atomic E-state index is 10.0. The van der Waals surface area contributed by atoms with Gasteiger partial charge in [0.15, 0.2) is 0 Å². The van der Waals surface area contributed by atoms with Crippen LogP contribution >= 0.6 is 11.6 Å². The van der Waals surface area contributed by atoms with Gasteiger partial charge in [-0.3, -0.25) is 0 Å². The van der Waals surface area contributed by atoms with E-state index in [-0.39, 0.29) is 18.8 Å². The molecule has 1 aliphatic heterocycles. The van der Waals surface area contributed by atoms with E-state index >= 15 is 0 Å². The van der Waals surface area contributed by atoms with Crippen LogP contribution in [0.5, 0.6) is 5.75 Å². The van der Waals surface area contributed by atoms with Crippen LogP contribution in [-0.4, -0.2) is 35.6 Å². The first-order chi connectivity index (χ1) is 12.6. The molecule has 0 saturated carbocycles. The minimum absolute atomic E-state index is 0.0831. The maximum Gasteiger partial charge on any atom is 0.119 e. The molecule has 1 fully saturated rings. The van der Waals surface area contributed by atoms with Crippen LogP contribution in [0.1, 0.15) is 42.6 Å². The molecule has 26 heavy (non-hydrogen) atoms. The summed E-state index contributed by atoms with van der Waals surface area (Å²) in [5, 5.41) is 20.1. The van der Waals surface area contributed by atoms with Crippen molar-refractivity contribution in [1.29, 1.82) is 0 Å². The van der Waals surface area contributed by atoms with E-state index in [9.17, 15) is 10.2 Å². The smallest absolute Gasteiger partial charge is 0.119 e. The molecule has 140 valence electrons. The molecule has 3 atom stereocenters. The summed E-state index contributed by atoms with van der Waals surface area (Å²) < 4.78 is 11.4. The van der Waals surface area contributed by atoms with Gasteiger partial charge in [-0.2, -0.15) is 0 Å². The van der Waals surface area contributed by atoms with E-state index in [4.69, 9.17) is 21.1 Å². The Morgan fingerprint density at radius 1 is 1.15 bits per heavy atom. The molecule has 0 amide bonds.